The normalized spacial score (nSPS) is 12.0. The van der Waals surface area contributed by atoms with E-state index in [1.54, 1.807) is 0 Å². The van der Waals surface area contributed by atoms with Crippen molar-refractivity contribution >= 4 is 47.5 Å². The Morgan fingerprint density at radius 1 is 0.522 bits per heavy atom. The van der Waals surface area contributed by atoms with E-state index in [1.165, 1.54) is 36.4 Å². The Morgan fingerprint density at radius 3 is 1.04 bits per heavy atom. The van der Waals surface area contributed by atoms with Crippen molar-refractivity contribution in [2.45, 2.75) is 90.8 Å². The first kappa shape index (κ1) is 57.7. The summed E-state index contributed by atoms with van der Waals surface area (Å²) in [5.41, 5.74) is 3.40. The lowest BCUT2D eigenvalue weighted by atomic mass is 10.00. The molecule has 0 radical (unpaired) electrons. The molecular formula is C52H64N4O12S. The first-order valence-corrected chi connectivity index (χ1v) is 22.8. The number of benzene rings is 4. The standard InChI is InChI=1S/2C26H32N2O5.O2S/c2*1-5-28(23(25(30)32-4)17-20-12-8-6-9-13-20)24(29)22(16-19(2)3)27-26(31)33-18-21-14-10-7-11-15-21;1-3-2/h2*5-15,19,22-23H,1,16-18H2,2-4H3,(H,27,31);/t2*22-,23-;/m00./s1. The zero-order valence-corrected chi connectivity index (χ0v) is 40.8. The van der Waals surface area contributed by atoms with Crippen molar-refractivity contribution in [3.05, 3.63) is 169 Å². The van der Waals surface area contributed by atoms with Gasteiger partial charge in [0.2, 0.25) is 11.8 Å². The van der Waals surface area contributed by atoms with Gasteiger partial charge in [0, 0.05) is 25.2 Å². The molecule has 2 N–H and O–H groups in total. The molecule has 0 aliphatic heterocycles. The Kier molecular flexibility index (Phi) is 27.0. The first-order valence-electron chi connectivity index (χ1n) is 22.1. The number of nitrogens with zero attached hydrogens (tertiary/aromatic N) is 2. The molecule has 4 aromatic rings. The molecule has 0 bridgehead atoms. The number of rotatable bonds is 22. The van der Waals surface area contributed by atoms with E-state index in [0.29, 0.717) is 12.8 Å². The minimum atomic E-state index is -0.917. The van der Waals surface area contributed by atoms with Crippen LogP contribution in [0.1, 0.15) is 62.8 Å². The van der Waals surface area contributed by atoms with Crippen molar-refractivity contribution in [1.82, 2.24) is 20.4 Å². The average Bonchev–Trinajstić information content (AvgIpc) is 3.35. The fourth-order valence-electron chi connectivity index (χ4n) is 6.84. The van der Waals surface area contributed by atoms with E-state index in [9.17, 15) is 28.8 Å². The van der Waals surface area contributed by atoms with Gasteiger partial charge in [0.15, 0.2) is 0 Å². The zero-order valence-electron chi connectivity index (χ0n) is 40.0. The summed E-state index contributed by atoms with van der Waals surface area (Å²) in [5.74, 6) is -1.84. The van der Waals surface area contributed by atoms with Gasteiger partial charge in [0.25, 0.3) is 0 Å². The smallest absolute Gasteiger partial charge is 0.408 e. The highest BCUT2D eigenvalue weighted by atomic mass is 32.1. The van der Waals surface area contributed by atoms with Gasteiger partial charge in [-0.1, -0.05) is 162 Å². The number of esters is 2. The molecule has 0 spiro atoms. The van der Waals surface area contributed by atoms with Crippen molar-refractivity contribution < 1.29 is 56.1 Å². The van der Waals surface area contributed by atoms with Crippen LogP contribution in [0, 0.1) is 11.8 Å². The van der Waals surface area contributed by atoms with Crippen LogP contribution in [0.25, 0.3) is 0 Å². The van der Waals surface area contributed by atoms with Gasteiger partial charge in [-0.3, -0.25) is 9.59 Å². The molecule has 0 fully saturated rings. The maximum absolute atomic E-state index is 13.4. The van der Waals surface area contributed by atoms with Crippen LogP contribution >= 0.6 is 0 Å². The predicted molar refractivity (Wildman–Crippen MR) is 261 cm³/mol. The van der Waals surface area contributed by atoms with Crippen LogP contribution in [0.3, 0.4) is 0 Å². The van der Waals surface area contributed by atoms with Gasteiger partial charge in [-0.2, -0.15) is 8.42 Å². The van der Waals surface area contributed by atoms with Crippen molar-refractivity contribution in [3.63, 3.8) is 0 Å². The average molecular weight is 969 g/mol. The lowest BCUT2D eigenvalue weighted by Crippen LogP contribution is -2.53. The minimum absolute atomic E-state index is 0.0826. The van der Waals surface area contributed by atoms with Gasteiger partial charge in [-0.25, -0.2) is 19.2 Å². The van der Waals surface area contributed by atoms with E-state index < -0.39 is 71.7 Å². The second-order valence-electron chi connectivity index (χ2n) is 16.2. The molecule has 4 amide bonds. The number of nitrogens with one attached hydrogen (secondary N) is 2. The van der Waals surface area contributed by atoms with Gasteiger partial charge in [-0.15, -0.1) is 0 Å². The van der Waals surface area contributed by atoms with Crippen LogP contribution in [-0.4, -0.2) is 92.5 Å². The quantitative estimate of drug-likeness (QED) is 0.0581. The summed E-state index contributed by atoms with van der Waals surface area (Å²) in [4.78, 5) is 79.4. The van der Waals surface area contributed by atoms with Crippen molar-refractivity contribution in [1.29, 1.82) is 0 Å². The Hall–Kier alpha value is -7.40. The third kappa shape index (κ3) is 21.4. The summed E-state index contributed by atoms with van der Waals surface area (Å²) >= 11 is -0.750. The van der Waals surface area contributed by atoms with E-state index in [1.807, 2.05) is 149 Å². The van der Waals surface area contributed by atoms with E-state index in [-0.39, 0.29) is 37.9 Å². The van der Waals surface area contributed by atoms with Crippen LogP contribution in [0.4, 0.5) is 9.59 Å². The minimum Gasteiger partial charge on any atom is -0.467 e. The predicted octanol–water partition coefficient (Wildman–Crippen LogP) is 7.50. The summed E-state index contributed by atoms with van der Waals surface area (Å²) in [6.07, 6.45) is 2.41. The molecule has 370 valence electrons. The molecule has 4 rings (SSSR count). The van der Waals surface area contributed by atoms with Gasteiger partial charge < -0.3 is 39.4 Å². The summed E-state index contributed by atoms with van der Waals surface area (Å²) in [5, 5.41) is 5.31. The SMILES string of the molecule is C=CN(C(=O)[C@H](CC(C)C)NC(=O)OCc1ccccc1)[C@@H](Cc1ccccc1)C(=O)OC.C=CN(C(=O)[C@H](CC(C)C)NC(=O)OCc1ccccc1)[C@@H](Cc1ccccc1)C(=O)OC.O=S=O. The monoisotopic (exact) mass is 968 g/mol. The largest absolute Gasteiger partial charge is 0.467 e. The lowest BCUT2D eigenvalue weighted by molar-refractivity contribution is -0.151. The zero-order chi connectivity index (χ0) is 51.1. The number of methoxy groups -OCH3 is 2. The number of carbonyl (C=O) groups is 6. The Labute approximate surface area is 408 Å². The maximum atomic E-state index is 13.4. The molecule has 0 saturated carbocycles. The van der Waals surface area contributed by atoms with Crippen molar-refractivity contribution in [3.8, 4) is 0 Å². The molecule has 0 unspecified atom stereocenters. The van der Waals surface area contributed by atoms with Crippen LogP contribution in [0.5, 0.6) is 0 Å². The third-order valence-electron chi connectivity index (χ3n) is 10.1. The molecule has 0 aliphatic rings. The molecule has 17 heteroatoms. The molecule has 4 aromatic carbocycles. The van der Waals surface area contributed by atoms with Gasteiger partial charge in [-0.05, 0) is 46.9 Å². The Balaban J connectivity index is 0.000000448. The highest BCUT2D eigenvalue weighted by Crippen LogP contribution is 2.18. The highest BCUT2D eigenvalue weighted by Gasteiger charge is 2.36. The summed E-state index contributed by atoms with van der Waals surface area (Å²) in [7, 11) is 2.55. The van der Waals surface area contributed by atoms with Gasteiger partial charge in [0.05, 0.1) is 14.2 Å². The van der Waals surface area contributed by atoms with Crippen LogP contribution < -0.4 is 10.6 Å². The summed E-state index contributed by atoms with van der Waals surface area (Å²) in [6.45, 7) is 15.4. The van der Waals surface area contributed by atoms with Gasteiger partial charge in [0.1, 0.15) is 37.4 Å². The summed E-state index contributed by atoms with van der Waals surface area (Å²) < 4.78 is 37.1. The lowest BCUT2D eigenvalue weighted by Gasteiger charge is -2.31. The second kappa shape index (κ2) is 32.3. The second-order valence-corrected chi connectivity index (χ2v) is 16.3. The third-order valence-corrected chi connectivity index (χ3v) is 10.1. The molecule has 0 aromatic heterocycles. The van der Waals surface area contributed by atoms with Crippen LogP contribution in [0.2, 0.25) is 0 Å². The topological polar surface area (TPSA) is 204 Å². The van der Waals surface area contributed by atoms with Crippen molar-refractivity contribution in [2.24, 2.45) is 11.8 Å². The highest BCUT2D eigenvalue weighted by molar-refractivity contribution is 7.51. The van der Waals surface area contributed by atoms with E-state index in [4.69, 9.17) is 27.4 Å². The number of carbonyl (C=O) groups excluding carboxylic acids is 6. The van der Waals surface area contributed by atoms with E-state index >= 15 is 0 Å². The van der Waals surface area contributed by atoms with Crippen LogP contribution in [-0.2, 0) is 75.8 Å². The summed E-state index contributed by atoms with van der Waals surface area (Å²) in [6, 6.07) is 33.5. The fraction of sp³-hybridized carbons (Fsp3) is 0.346. The number of amides is 4. The molecule has 0 saturated heterocycles. The van der Waals surface area contributed by atoms with Crippen molar-refractivity contribution in [2.75, 3.05) is 14.2 Å². The molecule has 69 heavy (non-hydrogen) atoms. The van der Waals surface area contributed by atoms with Gasteiger partial charge >= 0.3 is 35.7 Å². The molecular weight excluding hydrogens is 905 g/mol. The number of alkyl carbamates (subject to hydrolysis) is 2. The molecule has 0 aliphatic carbocycles. The molecule has 4 atom stereocenters. The number of hydrogen-bond acceptors (Lipinski definition) is 12. The van der Waals surface area contributed by atoms with E-state index in [2.05, 4.69) is 23.8 Å². The number of hydrogen-bond donors (Lipinski definition) is 2. The Bertz CT molecular complexity index is 2090. The first-order chi connectivity index (χ1) is 33.1. The maximum Gasteiger partial charge on any atom is 0.408 e. The number of ether oxygens (including phenoxy) is 4. The molecule has 16 nitrogen and oxygen atoms in total. The van der Waals surface area contributed by atoms with Crippen LogP contribution in [0.15, 0.2) is 147 Å². The Morgan fingerprint density at radius 2 is 0.797 bits per heavy atom. The van der Waals surface area contributed by atoms with E-state index in [0.717, 1.165) is 22.3 Å². The molecule has 0 heterocycles. The fourth-order valence-corrected chi connectivity index (χ4v) is 6.84.